The van der Waals surface area contributed by atoms with Crippen LogP contribution in [0.25, 0.3) is 0 Å². The fraction of sp³-hybridized carbons (Fsp3) is 0.333. The van der Waals surface area contributed by atoms with Crippen molar-refractivity contribution in [1.29, 1.82) is 0 Å². The maximum atomic E-state index is 8.35. The van der Waals surface area contributed by atoms with Crippen molar-refractivity contribution in [2.75, 3.05) is 27.0 Å². The molecular formula is C18H23NO. The second-order valence-corrected chi connectivity index (χ2v) is 3.75. The number of hydrogen-bond donors (Lipinski definition) is 0. The van der Waals surface area contributed by atoms with Gasteiger partial charge in [0.15, 0.2) is 0 Å². The van der Waals surface area contributed by atoms with E-state index in [0.29, 0.717) is 0 Å². The van der Waals surface area contributed by atoms with Gasteiger partial charge in [0, 0.05) is 21.6 Å². The van der Waals surface area contributed by atoms with E-state index in [-0.39, 0.29) is 5.56 Å². The molecule has 2 nitrogen and oxygen atoms in total. The van der Waals surface area contributed by atoms with Crippen molar-refractivity contribution in [1.82, 2.24) is 4.90 Å². The highest BCUT2D eigenvalue weighted by Crippen LogP contribution is 2.28. The Balaban J connectivity index is 2.90. The first-order chi connectivity index (χ1) is 16.5. The number of likely N-dealkylation sites (N-methyl/N-ethyl adjacent to an activating group) is 1. The van der Waals surface area contributed by atoms with E-state index in [1.54, 1.807) is 0 Å². The summed E-state index contributed by atoms with van der Waals surface area (Å²) >= 11 is 0. The predicted octanol–water partition coefficient (Wildman–Crippen LogP) is 3.66. The molecule has 2 aromatic carbocycles. The molecule has 0 amide bonds. The zero-order valence-corrected chi connectivity index (χ0v) is 10.3. The molecule has 0 radical (unpaired) electrons. The molecule has 1 unspecified atom stereocenters. The molecule has 0 bridgehead atoms. The van der Waals surface area contributed by atoms with Gasteiger partial charge in [-0.15, -0.1) is 0 Å². The summed E-state index contributed by atoms with van der Waals surface area (Å²) in [7, 11) is 0. The lowest BCUT2D eigenvalue weighted by molar-refractivity contribution is 0.0683. The molecular weight excluding hydrogens is 246 g/mol. The number of hydrogen-bond acceptors (Lipinski definition) is 2. The minimum absolute atomic E-state index is 0.0768. The summed E-state index contributed by atoms with van der Waals surface area (Å²) in [5.41, 5.74) is -1.74. The van der Waals surface area contributed by atoms with Crippen molar-refractivity contribution in [2.24, 2.45) is 0 Å². The smallest absolute Gasteiger partial charge is 0.108 e. The van der Waals surface area contributed by atoms with Crippen LogP contribution in [-0.2, 0) is 4.74 Å². The van der Waals surface area contributed by atoms with Crippen LogP contribution in [0.5, 0.6) is 0 Å². The van der Waals surface area contributed by atoms with E-state index in [1.165, 1.54) is 30.3 Å². The van der Waals surface area contributed by atoms with Gasteiger partial charge in [-0.1, -0.05) is 54.5 Å². The summed E-state index contributed by atoms with van der Waals surface area (Å²) < 4.78 is 139. The zero-order valence-electron chi connectivity index (χ0n) is 27.3. The third-order valence-electron chi connectivity index (χ3n) is 2.42. The highest BCUT2D eigenvalue weighted by atomic mass is 16.5. The molecule has 0 aromatic heterocycles. The van der Waals surface area contributed by atoms with Gasteiger partial charge in [-0.25, -0.2) is 0 Å². The van der Waals surface area contributed by atoms with Crippen LogP contribution >= 0.6 is 0 Å². The van der Waals surface area contributed by atoms with E-state index in [1.807, 2.05) is 0 Å². The van der Waals surface area contributed by atoms with Crippen LogP contribution in [0.2, 0.25) is 0 Å². The summed E-state index contributed by atoms with van der Waals surface area (Å²) in [5, 5.41) is 0. The van der Waals surface area contributed by atoms with Crippen LogP contribution in [0.4, 0.5) is 0 Å². The van der Waals surface area contributed by atoms with Crippen molar-refractivity contribution in [2.45, 2.75) is 13.0 Å². The summed E-state index contributed by atoms with van der Waals surface area (Å²) in [6, 6.07) is 3.26. The molecule has 0 saturated carbocycles. The average Bonchev–Trinajstić information content (AvgIpc) is 2.70. The molecule has 0 aliphatic carbocycles. The minimum Gasteiger partial charge on any atom is -0.367 e. The van der Waals surface area contributed by atoms with Gasteiger partial charge in [-0.2, -0.15) is 0 Å². The Morgan fingerprint density at radius 2 is 2.05 bits per heavy atom. The number of nitrogens with zero attached hydrogens (tertiary/aromatic N) is 1. The molecule has 0 heterocycles. The Kier molecular flexibility index (Phi) is 1.51. The van der Waals surface area contributed by atoms with E-state index < -0.39 is 80.2 Å². The van der Waals surface area contributed by atoms with Gasteiger partial charge in [-0.3, -0.25) is 0 Å². The molecule has 0 aliphatic heterocycles. The number of benzene rings is 2. The van der Waals surface area contributed by atoms with E-state index in [2.05, 4.69) is 0 Å². The van der Waals surface area contributed by atoms with Crippen molar-refractivity contribution < 1.29 is 28.0 Å². The lowest BCUT2D eigenvalue weighted by Crippen LogP contribution is -2.20. The molecule has 2 rings (SSSR count). The first kappa shape index (κ1) is 4.19. The second kappa shape index (κ2) is 7.22. The Morgan fingerprint density at radius 3 is 2.80 bits per heavy atom. The molecule has 0 N–H and O–H groups in total. The summed E-state index contributed by atoms with van der Waals surface area (Å²) in [6.45, 7) is -18.2. The highest BCUT2D eigenvalue weighted by molar-refractivity contribution is 5.35. The Morgan fingerprint density at radius 1 is 1.25 bits per heavy atom. The standard InChI is InChI=1S/C18H23NO/c1-15-9-7-8-12-17(15)18(20-14-13-19(2)3)16-10-5-4-6-11-16/h4-12,18H,13-14H2,1-3H3/i1D3,2D3,3D3,7D,8D,9D,12D,13D2,14D2. The fourth-order valence-electron chi connectivity index (χ4n) is 1.57. The third kappa shape index (κ3) is 3.92. The second-order valence-electron chi connectivity index (χ2n) is 3.75. The molecule has 2 heteroatoms. The molecule has 0 saturated heterocycles. The summed E-state index contributed by atoms with van der Waals surface area (Å²) in [6.07, 6.45) is -2.03. The van der Waals surface area contributed by atoms with Crippen LogP contribution in [0.15, 0.2) is 54.5 Å². The number of rotatable bonds is 6. The van der Waals surface area contributed by atoms with Gasteiger partial charge < -0.3 is 9.64 Å². The summed E-state index contributed by atoms with van der Waals surface area (Å²) in [5.74, 6) is 0. The van der Waals surface area contributed by atoms with E-state index >= 15 is 0 Å². The Labute approximate surface area is 145 Å². The van der Waals surface area contributed by atoms with Crippen LogP contribution in [-0.4, -0.2) is 31.9 Å². The average molecular weight is 286 g/mol. The maximum absolute atomic E-state index is 8.35. The topological polar surface area (TPSA) is 12.5 Å². The normalized spacial score (nSPS) is 28.4. The quantitative estimate of drug-likeness (QED) is 0.803. The van der Waals surface area contributed by atoms with Gasteiger partial charge in [0.05, 0.1) is 14.8 Å². The molecule has 0 fully saturated rings. The maximum Gasteiger partial charge on any atom is 0.108 e. The van der Waals surface area contributed by atoms with E-state index in [4.69, 9.17) is 28.0 Å². The van der Waals surface area contributed by atoms with Gasteiger partial charge in [-0.05, 0) is 37.5 Å². The lowest BCUT2D eigenvalue weighted by Gasteiger charge is -2.22. The van der Waals surface area contributed by atoms with Crippen LogP contribution in [0.3, 0.4) is 0 Å². The first-order valence-electron chi connectivity index (χ1n) is 14.1. The van der Waals surface area contributed by atoms with Crippen LogP contribution in [0.1, 0.15) is 46.1 Å². The summed E-state index contributed by atoms with van der Waals surface area (Å²) in [4.78, 5) is -0.667. The SMILES string of the molecule is [2H]c1c([2H])c([2H])c(C([2H])([2H])[2H])c(C(OC([2H])([2H])C([2H])([2H])N(C([2H])([2H])[2H])C([2H])([2H])[2H])c2ccccc2)c1[2H]. The predicted molar refractivity (Wildman–Crippen MR) is 84.0 cm³/mol. The van der Waals surface area contributed by atoms with Crippen LogP contribution < -0.4 is 0 Å². The zero-order chi connectivity index (χ0) is 28.9. The number of ether oxygens (including phenoxy) is 1. The van der Waals surface area contributed by atoms with Crippen LogP contribution in [0, 0.1) is 6.85 Å². The first-order valence-corrected chi connectivity index (χ1v) is 5.60. The van der Waals surface area contributed by atoms with Crippen molar-refractivity contribution in [3.63, 3.8) is 0 Å². The molecule has 1 atom stereocenters. The Bertz CT molecular complexity index is 1110. The van der Waals surface area contributed by atoms with Gasteiger partial charge >= 0.3 is 0 Å². The third-order valence-corrected chi connectivity index (χ3v) is 2.42. The van der Waals surface area contributed by atoms with Crippen molar-refractivity contribution in [3.8, 4) is 0 Å². The van der Waals surface area contributed by atoms with E-state index in [9.17, 15) is 0 Å². The van der Waals surface area contributed by atoms with Crippen molar-refractivity contribution >= 4 is 0 Å². The monoisotopic (exact) mass is 286 g/mol. The Hall–Kier alpha value is -1.64. The molecule has 2 aromatic rings. The van der Waals surface area contributed by atoms with Gasteiger partial charge in [0.1, 0.15) is 6.10 Å². The largest absolute Gasteiger partial charge is 0.367 e. The highest BCUT2D eigenvalue weighted by Gasteiger charge is 2.16. The molecule has 0 aliphatic rings. The molecule has 20 heavy (non-hydrogen) atoms. The van der Waals surface area contributed by atoms with E-state index in [0.717, 1.165) is 0 Å². The molecule has 106 valence electrons. The minimum atomic E-state index is -3.89. The molecule has 0 spiro atoms. The van der Waals surface area contributed by atoms with Gasteiger partial charge in [0.2, 0.25) is 0 Å². The van der Waals surface area contributed by atoms with Crippen molar-refractivity contribution in [3.05, 3.63) is 71.2 Å². The fourth-order valence-corrected chi connectivity index (χ4v) is 1.57. The van der Waals surface area contributed by atoms with Gasteiger partial charge in [0.25, 0.3) is 0 Å². The lowest BCUT2D eigenvalue weighted by atomic mass is 9.97.